The minimum absolute atomic E-state index is 0.121. The van der Waals surface area contributed by atoms with Crippen molar-refractivity contribution in [3.8, 4) is 5.69 Å². The number of amides is 1. The van der Waals surface area contributed by atoms with Crippen LogP contribution >= 0.6 is 0 Å². The molecule has 2 heterocycles. The molecular weight excluding hydrogens is 292 g/mol. The zero-order chi connectivity index (χ0) is 16.4. The Bertz CT molecular complexity index is 831. The van der Waals surface area contributed by atoms with E-state index in [-0.39, 0.29) is 12.3 Å². The summed E-state index contributed by atoms with van der Waals surface area (Å²) < 4.78 is 7.11. The van der Waals surface area contributed by atoms with Crippen LogP contribution in [0.5, 0.6) is 0 Å². The number of carbonyl (C=O) groups excluding carboxylic acids is 1. The molecule has 3 aromatic rings. The van der Waals surface area contributed by atoms with Crippen molar-refractivity contribution in [2.75, 3.05) is 5.32 Å². The number of benzene rings is 1. The fourth-order valence-corrected chi connectivity index (χ4v) is 2.32. The van der Waals surface area contributed by atoms with E-state index < -0.39 is 0 Å². The minimum atomic E-state index is -0.121. The Morgan fingerprint density at radius 3 is 2.48 bits per heavy atom. The molecule has 1 N–H and O–H groups in total. The van der Waals surface area contributed by atoms with E-state index in [0.29, 0.717) is 11.5 Å². The quantitative estimate of drug-likeness (QED) is 0.804. The fourth-order valence-electron chi connectivity index (χ4n) is 2.32. The van der Waals surface area contributed by atoms with Crippen LogP contribution in [0.3, 0.4) is 0 Å². The molecule has 0 fully saturated rings. The maximum absolute atomic E-state index is 12.0. The molecule has 6 heteroatoms. The summed E-state index contributed by atoms with van der Waals surface area (Å²) in [5.74, 6) is 0.547. The second kappa shape index (κ2) is 6.08. The van der Waals surface area contributed by atoms with Gasteiger partial charge in [0.25, 0.3) is 0 Å². The van der Waals surface area contributed by atoms with Gasteiger partial charge in [0.1, 0.15) is 5.76 Å². The molecule has 0 unspecified atom stereocenters. The second-order valence-electron chi connectivity index (χ2n) is 5.41. The van der Waals surface area contributed by atoms with E-state index in [0.717, 1.165) is 22.8 Å². The van der Waals surface area contributed by atoms with Gasteiger partial charge in [-0.3, -0.25) is 4.79 Å². The minimum Gasteiger partial charge on any atom is -0.449 e. The van der Waals surface area contributed by atoms with Gasteiger partial charge in [0.05, 0.1) is 24.1 Å². The van der Waals surface area contributed by atoms with E-state index in [9.17, 15) is 4.79 Å². The maximum Gasteiger partial charge on any atom is 0.230 e. The smallest absolute Gasteiger partial charge is 0.230 e. The van der Waals surface area contributed by atoms with Crippen LogP contribution in [0.2, 0.25) is 0 Å². The summed E-state index contributed by atoms with van der Waals surface area (Å²) in [4.78, 5) is 20.4. The van der Waals surface area contributed by atoms with E-state index in [1.165, 1.54) is 6.39 Å². The van der Waals surface area contributed by atoms with Gasteiger partial charge in [-0.05, 0) is 45.0 Å². The van der Waals surface area contributed by atoms with Gasteiger partial charge in [-0.2, -0.15) is 0 Å². The average Bonchev–Trinajstić information content (AvgIpc) is 3.07. The summed E-state index contributed by atoms with van der Waals surface area (Å²) in [7, 11) is 0. The van der Waals surface area contributed by atoms with Crippen LogP contribution in [0.4, 0.5) is 5.69 Å². The molecule has 1 aromatic carbocycles. The van der Waals surface area contributed by atoms with Crippen molar-refractivity contribution in [3.05, 3.63) is 59.8 Å². The predicted molar refractivity (Wildman–Crippen MR) is 86.6 cm³/mol. The van der Waals surface area contributed by atoms with Gasteiger partial charge >= 0.3 is 0 Å². The number of oxazole rings is 1. The Labute approximate surface area is 134 Å². The van der Waals surface area contributed by atoms with Crippen LogP contribution in [0.25, 0.3) is 5.69 Å². The summed E-state index contributed by atoms with van der Waals surface area (Å²) in [6.07, 6.45) is 3.34. The summed E-state index contributed by atoms with van der Waals surface area (Å²) in [5, 5.41) is 2.86. The zero-order valence-corrected chi connectivity index (χ0v) is 13.3. The van der Waals surface area contributed by atoms with Crippen LogP contribution < -0.4 is 5.32 Å². The zero-order valence-electron chi connectivity index (χ0n) is 13.3. The first-order chi connectivity index (χ1) is 11.0. The Balaban J connectivity index is 1.69. The standard InChI is InChI=1S/C17H18N4O2/c1-11-12(2)21(9-18-11)15-6-4-14(5-7-15)20-17(22)8-16-13(3)23-10-19-16/h4-7,9-10H,8H2,1-3H3,(H,20,22). The van der Waals surface area contributed by atoms with Gasteiger partial charge in [0, 0.05) is 17.1 Å². The SMILES string of the molecule is Cc1ncn(-c2ccc(NC(=O)Cc3ncoc3C)cc2)c1C. The molecule has 6 nitrogen and oxygen atoms in total. The number of imidazole rings is 1. The number of aromatic nitrogens is 3. The number of aryl methyl sites for hydroxylation is 2. The fraction of sp³-hybridized carbons (Fsp3) is 0.235. The Hall–Kier alpha value is -2.89. The van der Waals surface area contributed by atoms with Crippen molar-refractivity contribution in [2.45, 2.75) is 27.2 Å². The molecule has 0 atom stereocenters. The third kappa shape index (κ3) is 3.15. The van der Waals surface area contributed by atoms with Crippen molar-refractivity contribution < 1.29 is 9.21 Å². The highest BCUT2D eigenvalue weighted by atomic mass is 16.3. The highest BCUT2D eigenvalue weighted by Gasteiger charge is 2.10. The lowest BCUT2D eigenvalue weighted by molar-refractivity contribution is -0.115. The van der Waals surface area contributed by atoms with E-state index in [1.807, 2.05) is 42.7 Å². The Kier molecular flexibility index (Phi) is 3.97. The first-order valence-electron chi connectivity index (χ1n) is 7.34. The van der Waals surface area contributed by atoms with Crippen LogP contribution in [-0.4, -0.2) is 20.4 Å². The van der Waals surface area contributed by atoms with Gasteiger partial charge in [0.2, 0.25) is 5.91 Å². The van der Waals surface area contributed by atoms with Crippen LogP contribution in [-0.2, 0) is 11.2 Å². The lowest BCUT2D eigenvalue weighted by Gasteiger charge is -2.08. The monoisotopic (exact) mass is 310 g/mol. The van der Waals surface area contributed by atoms with E-state index in [2.05, 4.69) is 15.3 Å². The molecule has 0 saturated heterocycles. The number of hydrogen-bond acceptors (Lipinski definition) is 4. The third-order valence-corrected chi connectivity index (χ3v) is 3.85. The van der Waals surface area contributed by atoms with Gasteiger partial charge in [-0.15, -0.1) is 0 Å². The number of anilines is 1. The Morgan fingerprint density at radius 2 is 1.91 bits per heavy atom. The van der Waals surface area contributed by atoms with Crippen molar-refractivity contribution >= 4 is 11.6 Å². The lowest BCUT2D eigenvalue weighted by Crippen LogP contribution is -2.15. The molecule has 1 amide bonds. The lowest BCUT2D eigenvalue weighted by atomic mass is 10.2. The molecule has 2 aromatic heterocycles. The van der Waals surface area contributed by atoms with Crippen molar-refractivity contribution in [1.29, 1.82) is 0 Å². The number of carbonyl (C=O) groups is 1. The molecular formula is C17H18N4O2. The third-order valence-electron chi connectivity index (χ3n) is 3.85. The number of nitrogens with zero attached hydrogens (tertiary/aromatic N) is 3. The summed E-state index contributed by atoms with van der Waals surface area (Å²) >= 11 is 0. The molecule has 0 spiro atoms. The first-order valence-corrected chi connectivity index (χ1v) is 7.34. The van der Waals surface area contributed by atoms with Crippen LogP contribution in [0.15, 0.2) is 41.4 Å². The van der Waals surface area contributed by atoms with Crippen molar-refractivity contribution in [3.63, 3.8) is 0 Å². The molecule has 23 heavy (non-hydrogen) atoms. The Morgan fingerprint density at radius 1 is 1.17 bits per heavy atom. The molecule has 0 aliphatic carbocycles. The first kappa shape index (κ1) is 15.0. The average molecular weight is 310 g/mol. The number of nitrogens with one attached hydrogen (secondary N) is 1. The molecule has 3 rings (SSSR count). The summed E-state index contributed by atoms with van der Waals surface area (Å²) in [6.45, 7) is 5.80. The number of hydrogen-bond donors (Lipinski definition) is 1. The van der Waals surface area contributed by atoms with Gasteiger partial charge < -0.3 is 14.3 Å². The molecule has 0 radical (unpaired) electrons. The van der Waals surface area contributed by atoms with Crippen molar-refractivity contribution in [2.24, 2.45) is 0 Å². The molecule has 0 bridgehead atoms. The summed E-state index contributed by atoms with van der Waals surface area (Å²) in [6, 6.07) is 7.64. The van der Waals surface area contributed by atoms with Crippen LogP contribution in [0, 0.1) is 20.8 Å². The van der Waals surface area contributed by atoms with Crippen molar-refractivity contribution in [1.82, 2.24) is 14.5 Å². The van der Waals surface area contributed by atoms with Crippen LogP contribution in [0.1, 0.15) is 22.8 Å². The van der Waals surface area contributed by atoms with E-state index in [4.69, 9.17) is 4.42 Å². The van der Waals surface area contributed by atoms with Gasteiger partial charge in [-0.25, -0.2) is 9.97 Å². The molecule has 118 valence electrons. The molecule has 0 aliphatic heterocycles. The highest BCUT2D eigenvalue weighted by molar-refractivity contribution is 5.92. The normalized spacial score (nSPS) is 10.7. The predicted octanol–water partition coefficient (Wildman–Crippen LogP) is 2.97. The van der Waals surface area contributed by atoms with Gasteiger partial charge in [0.15, 0.2) is 6.39 Å². The topological polar surface area (TPSA) is 73.0 Å². The van der Waals surface area contributed by atoms with E-state index >= 15 is 0 Å². The second-order valence-corrected chi connectivity index (χ2v) is 5.41. The molecule has 0 saturated carbocycles. The van der Waals surface area contributed by atoms with Gasteiger partial charge in [-0.1, -0.05) is 0 Å². The van der Waals surface area contributed by atoms with E-state index in [1.54, 1.807) is 13.3 Å². The molecule has 0 aliphatic rings. The highest BCUT2D eigenvalue weighted by Crippen LogP contribution is 2.17. The number of rotatable bonds is 4. The largest absolute Gasteiger partial charge is 0.449 e. The maximum atomic E-state index is 12.0. The summed E-state index contributed by atoms with van der Waals surface area (Å²) in [5.41, 5.74) is 4.51.